The Morgan fingerprint density at radius 3 is 2.49 bits per heavy atom. The zero-order valence-corrected chi connectivity index (χ0v) is 25.1. The predicted octanol–water partition coefficient (Wildman–Crippen LogP) is 5.92. The monoisotopic (exact) mass is 542 g/mol. The molecule has 0 saturated heterocycles. The Bertz CT molecular complexity index is 1060. The maximum absolute atomic E-state index is 11.9. The Morgan fingerprint density at radius 2 is 1.90 bits per heavy atom. The zero-order chi connectivity index (χ0) is 29.0. The fourth-order valence-electron chi connectivity index (χ4n) is 9.21. The van der Waals surface area contributed by atoms with Gasteiger partial charge in [0, 0.05) is 23.7 Å². The third-order valence-corrected chi connectivity index (χ3v) is 11.9. The van der Waals surface area contributed by atoms with Crippen molar-refractivity contribution in [3.63, 3.8) is 0 Å². The number of hydrogen-bond acceptors (Lipinski definition) is 6. The molecule has 4 aliphatic rings. The van der Waals surface area contributed by atoms with Crippen LogP contribution in [0.2, 0.25) is 0 Å². The van der Waals surface area contributed by atoms with Gasteiger partial charge in [0.15, 0.2) is 0 Å². The molecule has 0 aliphatic heterocycles. The van der Waals surface area contributed by atoms with Crippen LogP contribution in [0.1, 0.15) is 93.4 Å². The highest BCUT2D eigenvalue weighted by atomic mass is 16.5. The summed E-state index contributed by atoms with van der Waals surface area (Å²) < 4.78 is 11.5. The first kappa shape index (κ1) is 30.0. The van der Waals surface area contributed by atoms with Gasteiger partial charge in [-0.15, -0.1) is 0 Å². The first-order valence-corrected chi connectivity index (χ1v) is 14.8. The predicted molar refractivity (Wildman–Crippen MR) is 151 cm³/mol. The summed E-state index contributed by atoms with van der Waals surface area (Å²) in [6.45, 7) is 19.4. The molecule has 0 aromatic rings. The van der Waals surface area contributed by atoms with Gasteiger partial charge in [-0.2, -0.15) is 0 Å². The van der Waals surface area contributed by atoms with Crippen LogP contribution in [0.5, 0.6) is 0 Å². The van der Waals surface area contributed by atoms with E-state index in [1.165, 1.54) is 18.1 Å². The Morgan fingerprint density at radius 1 is 1.21 bits per heavy atom. The number of ether oxygens (including phenoxy) is 2. The van der Waals surface area contributed by atoms with Crippen LogP contribution in [0, 0.1) is 39.4 Å². The minimum absolute atomic E-state index is 0.0379. The number of carbonyl (C=O) groups is 2. The molecule has 2 fully saturated rings. The number of hydrogen-bond donors (Lipinski definition) is 2. The Labute approximate surface area is 234 Å². The van der Waals surface area contributed by atoms with Crippen molar-refractivity contribution in [1.82, 2.24) is 0 Å². The van der Waals surface area contributed by atoms with Crippen molar-refractivity contribution in [1.29, 1.82) is 0 Å². The molecule has 218 valence electrons. The number of allylic oxidation sites excluding steroid dienone is 5. The summed E-state index contributed by atoms with van der Waals surface area (Å²) in [5, 5.41) is 22.2. The zero-order valence-electron chi connectivity index (χ0n) is 25.1. The number of aliphatic hydroxyl groups excluding tert-OH is 2. The molecule has 0 spiro atoms. The fraction of sp³-hybridized carbons (Fsp3) is 0.758. The van der Waals surface area contributed by atoms with Crippen LogP contribution in [-0.2, 0) is 19.1 Å². The number of fused-ring (bicyclic) bond motifs is 5. The van der Waals surface area contributed by atoms with E-state index in [-0.39, 0.29) is 52.9 Å². The quantitative estimate of drug-likeness (QED) is 0.213. The summed E-state index contributed by atoms with van der Waals surface area (Å²) in [5.74, 6) is 0.00855. The average Bonchev–Trinajstić information content (AvgIpc) is 3.08. The van der Waals surface area contributed by atoms with Crippen LogP contribution in [-0.4, -0.2) is 47.6 Å². The second-order valence-corrected chi connectivity index (χ2v) is 14.1. The van der Waals surface area contributed by atoms with Crippen LogP contribution in [0.25, 0.3) is 0 Å². The van der Waals surface area contributed by atoms with E-state index < -0.39 is 11.5 Å². The molecule has 6 heteroatoms. The summed E-state index contributed by atoms with van der Waals surface area (Å²) in [4.78, 5) is 23.5. The van der Waals surface area contributed by atoms with Gasteiger partial charge in [0.25, 0.3) is 6.47 Å². The van der Waals surface area contributed by atoms with E-state index >= 15 is 0 Å². The van der Waals surface area contributed by atoms with Crippen molar-refractivity contribution < 1.29 is 29.3 Å². The lowest BCUT2D eigenvalue weighted by Crippen LogP contribution is -2.57. The highest BCUT2D eigenvalue weighted by molar-refractivity contribution is 5.66. The van der Waals surface area contributed by atoms with Crippen LogP contribution in [0.3, 0.4) is 0 Å². The largest absolute Gasteiger partial charge is 0.464 e. The molecule has 0 heterocycles. The molecule has 0 unspecified atom stereocenters. The smallest absolute Gasteiger partial charge is 0.302 e. The Hall–Kier alpha value is -1.92. The SMILES string of the molecule is C=C(CC[C@@H](OC=O)[C@H]1[C@H](O)C[C@@]2(C)C3=CC[C@H]4[C@@](C)(CO)[C@@H](OC(C)=O)CC[C@]4(C)C3=CC[C@]12C)C(C)C. The van der Waals surface area contributed by atoms with E-state index in [9.17, 15) is 19.8 Å². The molecular formula is C33H50O6. The van der Waals surface area contributed by atoms with Crippen molar-refractivity contribution in [2.24, 2.45) is 39.4 Å². The molecule has 0 amide bonds. The minimum Gasteiger partial charge on any atom is -0.464 e. The van der Waals surface area contributed by atoms with Gasteiger partial charge in [0.05, 0.1) is 12.7 Å². The second-order valence-electron chi connectivity index (χ2n) is 14.1. The van der Waals surface area contributed by atoms with Crippen molar-refractivity contribution in [2.75, 3.05) is 6.61 Å². The molecule has 9 atom stereocenters. The summed E-state index contributed by atoms with van der Waals surface area (Å²) in [6.07, 6.45) is 8.64. The average molecular weight is 543 g/mol. The first-order chi connectivity index (χ1) is 18.2. The fourth-order valence-corrected chi connectivity index (χ4v) is 9.21. The van der Waals surface area contributed by atoms with E-state index in [1.54, 1.807) is 0 Å². The van der Waals surface area contributed by atoms with Gasteiger partial charge in [0.2, 0.25) is 0 Å². The molecule has 39 heavy (non-hydrogen) atoms. The molecule has 0 aromatic carbocycles. The highest BCUT2D eigenvalue weighted by Gasteiger charge is 2.67. The first-order valence-electron chi connectivity index (χ1n) is 14.8. The van der Waals surface area contributed by atoms with Crippen LogP contribution in [0.4, 0.5) is 0 Å². The lowest BCUT2D eigenvalue weighted by molar-refractivity contribution is -0.174. The molecule has 0 bridgehead atoms. The van der Waals surface area contributed by atoms with E-state index in [1.807, 2.05) is 0 Å². The molecule has 4 aliphatic carbocycles. The Kier molecular flexibility index (Phi) is 8.08. The van der Waals surface area contributed by atoms with Gasteiger partial charge >= 0.3 is 5.97 Å². The van der Waals surface area contributed by atoms with E-state index in [4.69, 9.17) is 9.47 Å². The van der Waals surface area contributed by atoms with Gasteiger partial charge in [-0.1, -0.05) is 65.8 Å². The van der Waals surface area contributed by atoms with Gasteiger partial charge in [-0.25, -0.2) is 0 Å². The molecule has 0 radical (unpaired) electrons. The summed E-state index contributed by atoms with van der Waals surface area (Å²) in [7, 11) is 0. The van der Waals surface area contributed by atoms with Crippen LogP contribution < -0.4 is 0 Å². The topological polar surface area (TPSA) is 93.1 Å². The van der Waals surface area contributed by atoms with Crippen molar-refractivity contribution in [3.05, 3.63) is 35.5 Å². The molecule has 2 saturated carbocycles. The molecule has 0 aromatic heterocycles. The lowest BCUT2D eigenvalue weighted by atomic mass is 9.44. The third-order valence-electron chi connectivity index (χ3n) is 11.9. The number of esters is 1. The van der Waals surface area contributed by atoms with Crippen molar-refractivity contribution in [2.45, 2.75) is 112 Å². The molecular weight excluding hydrogens is 492 g/mol. The second kappa shape index (κ2) is 10.5. The summed E-state index contributed by atoms with van der Waals surface area (Å²) in [6, 6.07) is 0. The number of carbonyl (C=O) groups excluding carboxylic acids is 2. The van der Waals surface area contributed by atoms with Crippen molar-refractivity contribution >= 4 is 12.4 Å². The molecule has 2 N–H and O–H groups in total. The highest BCUT2D eigenvalue weighted by Crippen LogP contribution is 2.71. The standard InChI is InChI=1S/C33H50O6/c1-20(2)21(3)9-11-26(38-19-35)29-25(37)17-33(8)24-10-12-27-30(5,23(24)13-16-32(29,33)7)15-14-28(39-22(4)36)31(27,6)18-34/h10,13,19-20,25-29,34,37H,3,9,11-12,14-18H2,1-2,4-8H3/t25-,26-,27-,28+,29-,30-,31-,32-,33+/m1/s1. The van der Waals surface area contributed by atoms with Crippen LogP contribution >= 0.6 is 0 Å². The maximum atomic E-state index is 11.9. The third kappa shape index (κ3) is 4.54. The minimum atomic E-state index is -0.584. The van der Waals surface area contributed by atoms with Crippen LogP contribution in [0.15, 0.2) is 35.5 Å². The summed E-state index contributed by atoms with van der Waals surface area (Å²) >= 11 is 0. The van der Waals surface area contributed by atoms with E-state index in [0.717, 1.165) is 31.3 Å². The molecule has 6 nitrogen and oxygen atoms in total. The number of rotatable bonds is 9. The molecule has 4 rings (SSSR count). The number of aliphatic hydroxyl groups is 2. The van der Waals surface area contributed by atoms with Gasteiger partial charge in [-0.3, -0.25) is 9.59 Å². The lowest BCUT2D eigenvalue weighted by Gasteiger charge is -2.61. The van der Waals surface area contributed by atoms with E-state index in [2.05, 4.69) is 60.3 Å². The Balaban J connectivity index is 1.70. The van der Waals surface area contributed by atoms with Gasteiger partial charge < -0.3 is 19.7 Å². The summed E-state index contributed by atoms with van der Waals surface area (Å²) in [5.41, 5.74) is 2.49. The maximum Gasteiger partial charge on any atom is 0.302 e. The van der Waals surface area contributed by atoms with Gasteiger partial charge in [0.1, 0.15) is 12.2 Å². The van der Waals surface area contributed by atoms with Crippen molar-refractivity contribution in [3.8, 4) is 0 Å². The van der Waals surface area contributed by atoms with Gasteiger partial charge in [-0.05, 0) is 78.8 Å². The normalized spacial score (nSPS) is 41.9. The van der Waals surface area contributed by atoms with E-state index in [0.29, 0.717) is 31.7 Å².